The van der Waals surface area contributed by atoms with Crippen LogP contribution in [0.3, 0.4) is 0 Å². The van der Waals surface area contributed by atoms with Crippen molar-refractivity contribution in [3.05, 3.63) is 65.5 Å². The van der Waals surface area contributed by atoms with Gasteiger partial charge in [-0.2, -0.15) is 0 Å². The molecule has 3 unspecified atom stereocenters. The number of amides is 1. The van der Waals surface area contributed by atoms with Crippen LogP contribution in [0.5, 0.6) is 5.88 Å². The van der Waals surface area contributed by atoms with Crippen molar-refractivity contribution in [2.45, 2.75) is 71.1 Å². The van der Waals surface area contributed by atoms with Crippen molar-refractivity contribution in [3.63, 3.8) is 0 Å². The molecule has 35 heavy (non-hydrogen) atoms. The van der Waals surface area contributed by atoms with Crippen LogP contribution in [-0.2, 0) is 16.6 Å². The minimum Gasteiger partial charge on any atom is -0.467 e. The van der Waals surface area contributed by atoms with Gasteiger partial charge in [0.15, 0.2) is 6.61 Å². The summed E-state index contributed by atoms with van der Waals surface area (Å²) in [7, 11) is 0. The van der Waals surface area contributed by atoms with Gasteiger partial charge in [-0.15, -0.1) is 0 Å². The summed E-state index contributed by atoms with van der Waals surface area (Å²) in [6.07, 6.45) is 7.34. The highest BCUT2D eigenvalue weighted by molar-refractivity contribution is 5.84. The predicted octanol–water partition coefficient (Wildman–Crippen LogP) is 5.96. The van der Waals surface area contributed by atoms with Crippen LogP contribution in [0.2, 0.25) is 0 Å². The van der Waals surface area contributed by atoms with Crippen molar-refractivity contribution < 1.29 is 9.53 Å². The maximum atomic E-state index is 12.8. The molecule has 5 rings (SSSR count). The zero-order chi connectivity index (χ0) is 24.6. The molecule has 1 amide bonds. The average Bonchev–Trinajstić information content (AvgIpc) is 2.86. The molecule has 0 spiro atoms. The Morgan fingerprint density at radius 3 is 2.80 bits per heavy atom. The highest BCUT2D eigenvalue weighted by atomic mass is 16.5. The zero-order valence-corrected chi connectivity index (χ0v) is 21.4. The van der Waals surface area contributed by atoms with Crippen LogP contribution < -0.4 is 10.1 Å². The summed E-state index contributed by atoms with van der Waals surface area (Å²) < 4.78 is 5.79. The SMILES string of the molecule is CC(C)c1ccc2c(c1)CCC1C(C)(CNC(=O)COc3ncnc4ccccc34)CCCC21C. The van der Waals surface area contributed by atoms with E-state index in [0.29, 0.717) is 24.3 Å². The second kappa shape index (κ2) is 9.25. The van der Waals surface area contributed by atoms with Crippen molar-refractivity contribution in [2.75, 3.05) is 13.2 Å². The highest BCUT2D eigenvalue weighted by Crippen LogP contribution is 2.57. The maximum absolute atomic E-state index is 12.8. The van der Waals surface area contributed by atoms with Crippen LogP contribution in [0.4, 0.5) is 0 Å². The van der Waals surface area contributed by atoms with Crippen LogP contribution in [0.25, 0.3) is 10.9 Å². The summed E-state index contributed by atoms with van der Waals surface area (Å²) >= 11 is 0. The third kappa shape index (κ3) is 4.41. The molecule has 2 aliphatic carbocycles. The number of hydrogen-bond donors (Lipinski definition) is 1. The van der Waals surface area contributed by atoms with Crippen molar-refractivity contribution in [2.24, 2.45) is 11.3 Å². The molecule has 0 radical (unpaired) electrons. The quantitative estimate of drug-likeness (QED) is 0.482. The number of aryl methyl sites for hydroxylation is 1. The zero-order valence-electron chi connectivity index (χ0n) is 21.4. The van der Waals surface area contributed by atoms with Crippen molar-refractivity contribution in [1.29, 1.82) is 0 Å². The number of fused-ring (bicyclic) bond motifs is 4. The molecule has 1 N–H and O–H groups in total. The second-order valence-electron chi connectivity index (χ2n) is 11.3. The third-order valence-electron chi connectivity index (χ3n) is 8.70. The summed E-state index contributed by atoms with van der Waals surface area (Å²) in [5, 5.41) is 4.02. The fraction of sp³-hybridized carbons (Fsp3) is 0.500. The Hall–Kier alpha value is -2.95. The molecule has 1 aromatic heterocycles. The van der Waals surface area contributed by atoms with Crippen LogP contribution in [0.15, 0.2) is 48.8 Å². The number of hydrogen-bond acceptors (Lipinski definition) is 4. The lowest BCUT2D eigenvalue weighted by Gasteiger charge is -2.55. The van der Waals surface area contributed by atoms with E-state index in [9.17, 15) is 4.79 Å². The summed E-state index contributed by atoms with van der Waals surface area (Å²) in [6, 6.07) is 14.9. The number of ether oxygens (including phenoxy) is 1. The standard InChI is InChI=1S/C30H37N3O2/c1-20(2)21-10-12-24-22(16-21)11-13-26-29(3,14-7-15-30(24,26)4)18-31-27(34)17-35-28-23-8-5-6-9-25(23)32-19-33-28/h5-6,8-10,12,16,19-20,26H,7,11,13-15,17-18H2,1-4H3,(H,31,34). The Morgan fingerprint density at radius 2 is 1.97 bits per heavy atom. The molecule has 1 heterocycles. The van der Waals surface area contributed by atoms with E-state index >= 15 is 0 Å². The minimum absolute atomic E-state index is 0.0418. The molecule has 2 aromatic carbocycles. The smallest absolute Gasteiger partial charge is 0.258 e. The molecule has 2 aliphatic rings. The fourth-order valence-corrected chi connectivity index (χ4v) is 6.80. The predicted molar refractivity (Wildman–Crippen MR) is 140 cm³/mol. The summed E-state index contributed by atoms with van der Waals surface area (Å²) in [5.41, 5.74) is 5.55. The van der Waals surface area contributed by atoms with E-state index in [1.165, 1.54) is 42.3 Å². The molecular formula is C30H37N3O2. The number of carbonyl (C=O) groups excluding carboxylic acids is 1. The Balaban J connectivity index is 1.27. The molecule has 5 heteroatoms. The van der Waals surface area contributed by atoms with E-state index in [1.807, 2.05) is 24.3 Å². The van der Waals surface area contributed by atoms with Crippen molar-refractivity contribution in [3.8, 4) is 5.88 Å². The molecular weight excluding hydrogens is 434 g/mol. The van der Waals surface area contributed by atoms with Crippen molar-refractivity contribution >= 4 is 16.8 Å². The molecule has 0 saturated heterocycles. The van der Waals surface area contributed by atoms with Gasteiger partial charge in [-0.25, -0.2) is 9.97 Å². The number of para-hydroxylation sites is 1. The normalized spacial score (nSPS) is 25.7. The lowest BCUT2D eigenvalue weighted by Crippen LogP contribution is -2.53. The van der Waals surface area contributed by atoms with Gasteiger partial charge in [-0.1, -0.05) is 64.4 Å². The Labute approximate surface area is 208 Å². The lowest BCUT2D eigenvalue weighted by atomic mass is 9.49. The topological polar surface area (TPSA) is 64.1 Å². The number of aromatic nitrogens is 2. The van der Waals surface area contributed by atoms with Gasteiger partial charge < -0.3 is 10.1 Å². The number of nitrogens with zero attached hydrogens (tertiary/aromatic N) is 2. The maximum Gasteiger partial charge on any atom is 0.258 e. The van der Waals surface area contributed by atoms with Gasteiger partial charge in [0.2, 0.25) is 5.88 Å². The van der Waals surface area contributed by atoms with E-state index in [0.717, 1.165) is 23.7 Å². The van der Waals surface area contributed by atoms with E-state index in [-0.39, 0.29) is 23.3 Å². The van der Waals surface area contributed by atoms with E-state index < -0.39 is 0 Å². The Kier molecular flexibility index (Phi) is 6.29. The van der Waals surface area contributed by atoms with Crippen molar-refractivity contribution in [1.82, 2.24) is 15.3 Å². The van der Waals surface area contributed by atoms with Crippen LogP contribution in [-0.4, -0.2) is 29.0 Å². The van der Waals surface area contributed by atoms with Gasteiger partial charge in [0.05, 0.1) is 10.9 Å². The number of nitrogens with one attached hydrogen (secondary N) is 1. The fourth-order valence-electron chi connectivity index (χ4n) is 6.80. The lowest BCUT2D eigenvalue weighted by molar-refractivity contribution is -0.124. The summed E-state index contributed by atoms with van der Waals surface area (Å²) in [5.74, 6) is 1.46. The van der Waals surface area contributed by atoms with Gasteiger partial charge in [0, 0.05) is 6.54 Å². The van der Waals surface area contributed by atoms with Gasteiger partial charge in [0.25, 0.3) is 5.91 Å². The number of carbonyl (C=O) groups is 1. The molecule has 1 fully saturated rings. The first-order valence-electron chi connectivity index (χ1n) is 13.0. The summed E-state index contributed by atoms with van der Waals surface area (Å²) in [6.45, 7) is 10.0. The minimum atomic E-state index is -0.0982. The third-order valence-corrected chi connectivity index (χ3v) is 8.70. The number of rotatable bonds is 6. The first kappa shape index (κ1) is 23.8. The summed E-state index contributed by atoms with van der Waals surface area (Å²) in [4.78, 5) is 21.3. The van der Waals surface area contributed by atoms with Crippen LogP contribution in [0, 0.1) is 11.3 Å². The van der Waals surface area contributed by atoms with Gasteiger partial charge in [-0.05, 0) is 77.2 Å². The van der Waals surface area contributed by atoms with E-state index in [2.05, 4.69) is 61.2 Å². The van der Waals surface area contributed by atoms with E-state index in [4.69, 9.17) is 4.74 Å². The molecule has 0 aliphatic heterocycles. The molecule has 5 nitrogen and oxygen atoms in total. The van der Waals surface area contributed by atoms with Gasteiger partial charge >= 0.3 is 0 Å². The molecule has 1 saturated carbocycles. The molecule has 184 valence electrons. The molecule has 3 atom stereocenters. The van der Waals surface area contributed by atoms with Crippen LogP contribution in [0.1, 0.15) is 76.0 Å². The first-order chi connectivity index (χ1) is 16.8. The largest absolute Gasteiger partial charge is 0.467 e. The monoisotopic (exact) mass is 471 g/mol. The average molecular weight is 472 g/mol. The molecule has 3 aromatic rings. The highest BCUT2D eigenvalue weighted by Gasteiger charge is 2.51. The van der Waals surface area contributed by atoms with E-state index in [1.54, 1.807) is 0 Å². The molecule has 0 bridgehead atoms. The number of benzene rings is 2. The Bertz CT molecular complexity index is 1230. The van der Waals surface area contributed by atoms with Gasteiger partial charge in [0.1, 0.15) is 6.33 Å². The second-order valence-corrected chi connectivity index (χ2v) is 11.3. The first-order valence-corrected chi connectivity index (χ1v) is 13.0. The Morgan fingerprint density at radius 1 is 1.14 bits per heavy atom. The van der Waals surface area contributed by atoms with Crippen LogP contribution >= 0.6 is 0 Å². The van der Waals surface area contributed by atoms with Gasteiger partial charge in [-0.3, -0.25) is 4.79 Å².